The lowest BCUT2D eigenvalue weighted by Crippen LogP contribution is -2.42. The molecule has 2 bridgehead atoms. The first-order valence-electron chi connectivity index (χ1n) is 15.3. The van der Waals surface area contributed by atoms with Crippen LogP contribution in [0.5, 0.6) is 5.75 Å². The predicted molar refractivity (Wildman–Crippen MR) is 179 cm³/mol. The quantitative estimate of drug-likeness (QED) is 0.199. The van der Waals surface area contributed by atoms with E-state index in [1.807, 2.05) is 6.07 Å². The maximum atomic E-state index is 14.0. The Labute approximate surface area is 294 Å². The number of ether oxygens (including phenoxy) is 1. The second-order valence-corrected chi connectivity index (χ2v) is 15.5. The summed E-state index contributed by atoms with van der Waals surface area (Å²) < 4.78 is 47.8. The van der Waals surface area contributed by atoms with Crippen LogP contribution in [0.2, 0.25) is 10.0 Å². The third kappa shape index (κ3) is 5.36. The largest absolute Gasteiger partial charge is 0.484 e. The van der Waals surface area contributed by atoms with E-state index in [1.54, 1.807) is 30.3 Å². The van der Waals surface area contributed by atoms with Gasteiger partial charge in [0.25, 0.3) is 5.91 Å². The fourth-order valence-corrected chi connectivity index (χ4v) is 11.4. The summed E-state index contributed by atoms with van der Waals surface area (Å²) >= 11 is 14.6. The number of halogens is 5. The Morgan fingerprint density at radius 3 is 2.47 bits per heavy atom. The molecule has 8 nitrogen and oxygen atoms in total. The summed E-state index contributed by atoms with van der Waals surface area (Å²) in [5.41, 5.74) is -0.222. The molecule has 3 heterocycles. The van der Waals surface area contributed by atoms with Gasteiger partial charge in [0.15, 0.2) is 6.61 Å². The van der Waals surface area contributed by atoms with Crippen LogP contribution in [0.15, 0.2) is 76.6 Å². The topological polar surface area (TPSA) is 109 Å². The molecule has 3 aromatic carbocycles. The molecule has 3 amide bonds. The highest BCUT2D eigenvalue weighted by atomic mass is 35.5. The van der Waals surface area contributed by atoms with E-state index in [0.29, 0.717) is 27.9 Å². The Kier molecular flexibility index (Phi) is 7.89. The van der Waals surface area contributed by atoms with Gasteiger partial charge in [0.05, 0.1) is 38.2 Å². The number of carbonyl (C=O) groups is 3. The molecule has 1 saturated heterocycles. The second-order valence-electron chi connectivity index (χ2n) is 12.5. The van der Waals surface area contributed by atoms with Gasteiger partial charge in [0.1, 0.15) is 5.75 Å². The van der Waals surface area contributed by atoms with Crippen molar-refractivity contribution in [2.75, 3.05) is 16.8 Å². The SMILES string of the molecule is O=C(COc1cccc([C@H]2c3sc(=O)[nH]c3SC3C2[C@H]2C[C@@H]3C3C(=O)N(c4ccccc4C(F)(F)F)C(=O)C32)c1)Nc1ccc(Cl)c(Cl)c1. The van der Waals surface area contributed by atoms with Crippen LogP contribution in [0.4, 0.5) is 24.5 Å². The van der Waals surface area contributed by atoms with E-state index in [0.717, 1.165) is 32.7 Å². The van der Waals surface area contributed by atoms with Gasteiger partial charge in [0.2, 0.25) is 11.8 Å². The van der Waals surface area contributed by atoms with Gasteiger partial charge in [-0.2, -0.15) is 13.2 Å². The zero-order chi connectivity index (χ0) is 34.4. The molecule has 0 radical (unpaired) electrons. The number of para-hydroxylation sites is 1. The van der Waals surface area contributed by atoms with Crippen LogP contribution < -0.4 is 19.8 Å². The highest BCUT2D eigenvalue weighted by Gasteiger charge is 2.70. The van der Waals surface area contributed by atoms with E-state index < -0.39 is 47.0 Å². The Hall–Kier alpha value is -3.78. The zero-order valence-electron chi connectivity index (χ0n) is 25.0. The number of rotatable bonds is 6. The van der Waals surface area contributed by atoms with Crippen LogP contribution in [-0.2, 0) is 20.6 Å². The molecule has 1 aromatic heterocycles. The molecule has 0 spiro atoms. The molecule has 4 aliphatic rings. The van der Waals surface area contributed by atoms with Crippen molar-refractivity contribution < 1.29 is 32.3 Å². The van der Waals surface area contributed by atoms with E-state index in [-0.39, 0.29) is 45.4 Å². The van der Waals surface area contributed by atoms with Crippen LogP contribution in [0.1, 0.15) is 28.3 Å². The van der Waals surface area contributed by atoms with E-state index in [9.17, 15) is 32.3 Å². The van der Waals surface area contributed by atoms with Gasteiger partial charge < -0.3 is 15.0 Å². The Balaban J connectivity index is 1.09. The molecule has 3 fully saturated rings. The number of fused-ring (bicyclic) bond motifs is 9. The van der Waals surface area contributed by atoms with Gasteiger partial charge in [-0.25, -0.2) is 4.90 Å². The molecule has 2 aliphatic carbocycles. The summed E-state index contributed by atoms with van der Waals surface area (Å²) in [7, 11) is 0. The lowest BCUT2D eigenvalue weighted by atomic mass is 9.68. The van der Waals surface area contributed by atoms with Crippen LogP contribution in [0.25, 0.3) is 0 Å². The first-order valence-corrected chi connectivity index (χ1v) is 17.8. The number of aromatic nitrogens is 1. The average Bonchev–Trinajstić information content (AvgIpc) is 3.80. The second kappa shape index (κ2) is 11.9. The van der Waals surface area contributed by atoms with Crippen molar-refractivity contribution in [3.8, 4) is 5.75 Å². The lowest BCUT2D eigenvalue weighted by Gasteiger charge is -2.43. The van der Waals surface area contributed by atoms with Gasteiger partial charge in [-0.05, 0) is 72.2 Å². The molecule has 8 rings (SSSR count). The summed E-state index contributed by atoms with van der Waals surface area (Å²) in [4.78, 5) is 57.4. The molecule has 15 heteroatoms. The average molecular weight is 747 g/mol. The number of nitrogens with one attached hydrogen (secondary N) is 2. The number of aromatic amines is 1. The first-order chi connectivity index (χ1) is 23.4. The Morgan fingerprint density at radius 2 is 1.71 bits per heavy atom. The van der Waals surface area contributed by atoms with E-state index in [4.69, 9.17) is 27.9 Å². The summed E-state index contributed by atoms with van der Waals surface area (Å²) in [5, 5.41) is 3.87. The number of thioether (sulfide) groups is 1. The minimum Gasteiger partial charge on any atom is -0.484 e. The van der Waals surface area contributed by atoms with Crippen molar-refractivity contribution in [2.45, 2.75) is 28.8 Å². The number of anilines is 2. The molecule has 4 unspecified atom stereocenters. The molecule has 2 N–H and O–H groups in total. The minimum absolute atomic E-state index is 0.162. The Bertz CT molecular complexity index is 2110. The Morgan fingerprint density at radius 1 is 0.959 bits per heavy atom. The van der Waals surface area contributed by atoms with Crippen molar-refractivity contribution >= 4 is 75.4 Å². The van der Waals surface area contributed by atoms with Crippen LogP contribution in [-0.4, -0.2) is 34.6 Å². The van der Waals surface area contributed by atoms with E-state index in [1.165, 1.54) is 36.0 Å². The van der Waals surface area contributed by atoms with Crippen molar-refractivity contribution in [2.24, 2.45) is 29.6 Å². The predicted octanol–water partition coefficient (Wildman–Crippen LogP) is 7.46. The highest BCUT2D eigenvalue weighted by Crippen LogP contribution is 2.69. The number of carbonyl (C=O) groups excluding carboxylic acids is 3. The number of amides is 3. The summed E-state index contributed by atoms with van der Waals surface area (Å²) in [6, 6.07) is 16.6. The summed E-state index contributed by atoms with van der Waals surface area (Å²) in [6.45, 7) is -0.306. The fraction of sp³-hybridized carbons (Fsp3) is 0.294. The minimum atomic E-state index is -4.75. The lowest BCUT2D eigenvalue weighted by molar-refractivity contribution is -0.137. The number of imide groups is 1. The molecular formula is C34H24Cl2F3N3O5S2. The van der Waals surface area contributed by atoms with Gasteiger partial charge in [0, 0.05) is 21.7 Å². The number of hydrogen-bond acceptors (Lipinski definition) is 7. The first kappa shape index (κ1) is 32.4. The zero-order valence-corrected chi connectivity index (χ0v) is 28.1. The molecular weight excluding hydrogens is 722 g/mol. The fourth-order valence-electron chi connectivity index (χ4n) is 8.25. The standard InChI is InChI=1S/C34H24Cl2F3N3O5S2/c35-20-9-8-15(11-21(20)36)40-23(43)13-47-16-5-3-4-14(10-16)24-25-17-12-18(28(25)48-30-29(24)49-33(46)41-30)27-26(17)31(44)42(32(27)45)22-7-2-1-6-19(22)34(37,38)39/h1-11,17-18,24-28H,12-13H2,(H,40,43)(H,41,46)/t17-,18-,24-,25?,26?,27?,28?/m1/s1. The van der Waals surface area contributed by atoms with Crippen LogP contribution >= 0.6 is 46.3 Å². The van der Waals surface area contributed by atoms with Gasteiger partial charge >= 0.3 is 11.0 Å². The molecule has 49 heavy (non-hydrogen) atoms. The third-order valence-corrected chi connectivity index (χ3v) is 13.3. The van der Waals surface area contributed by atoms with E-state index >= 15 is 0 Å². The maximum absolute atomic E-state index is 14.0. The van der Waals surface area contributed by atoms with Crippen molar-refractivity contribution in [3.05, 3.63) is 102 Å². The number of hydrogen-bond donors (Lipinski definition) is 2. The van der Waals surface area contributed by atoms with Crippen LogP contribution in [0, 0.1) is 29.6 Å². The van der Waals surface area contributed by atoms with Crippen molar-refractivity contribution in [1.29, 1.82) is 0 Å². The molecule has 252 valence electrons. The van der Waals surface area contributed by atoms with Gasteiger partial charge in [-0.1, -0.05) is 58.8 Å². The summed E-state index contributed by atoms with van der Waals surface area (Å²) in [5.74, 6) is -3.86. The van der Waals surface area contributed by atoms with Crippen molar-refractivity contribution in [3.63, 3.8) is 0 Å². The molecule has 2 aliphatic heterocycles. The van der Waals surface area contributed by atoms with Crippen molar-refractivity contribution in [1.82, 2.24) is 4.98 Å². The van der Waals surface area contributed by atoms with Crippen LogP contribution in [0.3, 0.4) is 0 Å². The molecule has 2 saturated carbocycles. The number of thiazole rings is 1. The third-order valence-electron chi connectivity index (χ3n) is 9.96. The highest BCUT2D eigenvalue weighted by molar-refractivity contribution is 8.00. The number of nitrogens with zero attached hydrogens (tertiary/aromatic N) is 1. The maximum Gasteiger partial charge on any atom is 0.418 e. The smallest absolute Gasteiger partial charge is 0.418 e. The monoisotopic (exact) mass is 745 g/mol. The molecule has 7 atom stereocenters. The number of alkyl halides is 3. The number of H-pyrrole nitrogens is 1. The normalized spacial score (nSPS) is 26.8. The van der Waals surface area contributed by atoms with Gasteiger partial charge in [-0.3, -0.25) is 19.2 Å². The van der Waals surface area contributed by atoms with E-state index in [2.05, 4.69) is 10.3 Å². The molecule has 4 aromatic rings. The number of benzene rings is 3. The van der Waals surface area contributed by atoms with Gasteiger partial charge in [-0.15, -0.1) is 11.8 Å². The summed E-state index contributed by atoms with van der Waals surface area (Å²) in [6.07, 6.45) is -4.18.